The summed E-state index contributed by atoms with van der Waals surface area (Å²) in [6.45, 7) is 4.14. The molecule has 0 amide bonds. The van der Waals surface area contributed by atoms with Gasteiger partial charge in [0.15, 0.2) is 5.65 Å². The maximum atomic E-state index is 6.33. The molecule has 1 saturated heterocycles. The molecule has 134 valence electrons. The van der Waals surface area contributed by atoms with Gasteiger partial charge in [0.25, 0.3) is 0 Å². The third-order valence-corrected chi connectivity index (χ3v) is 4.96. The van der Waals surface area contributed by atoms with E-state index >= 15 is 0 Å². The van der Waals surface area contributed by atoms with Crippen molar-refractivity contribution in [1.29, 1.82) is 0 Å². The van der Waals surface area contributed by atoms with E-state index in [1.807, 2.05) is 31.2 Å². The van der Waals surface area contributed by atoms with Gasteiger partial charge in [-0.15, -0.1) is 0 Å². The van der Waals surface area contributed by atoms with E-state index in [2.05, 4.69) is 44.3 Å². The van der Waals surface area contributed by atoms with Crippen LogP contribution in [0, 0.1) is 6.92 Å². The Labute approximate surface area is 153 Å². The molecule has 1 aliphatic heterocycles. The van der Waals surface area contributed by atoms with Gasteiger partial charge < -0.3 is 16.0 Å². The van der Waals surface area contributed by atoms with Crippen LogP contribution in [0.1, 0.15) is 18.5 Å². The predicted octanol–water partition coefficient (Wildman–Crippen LogP) is 3.09. The fraction of sp³-hybridized carbons (Fsp3) is 0.350. The first kappa shape index (κ1) is 16.7. The molecule has 0 aliphatic carbocycles. The van der Waals surface area contributed by atoms with Crippen molar-refractivity contribution in [3.05, 3.63) is 42.1 Å². The van der Waals surface area contributed by atoms with Gasteiger partial charge in [-0.1, -0.05) is 30.3 Å². The normalized spacial score (nSPS) is 16.1. The highest BCUT2D eigenvalue weighted by Crippen LogP contribution is 2.31. The smallest absolute Gasteiger partial charge is 0.226 e. The highest BCUT2D eigenvalue weighted by Gasteiger charge is 2.19. The van der Waals surface area contributed by atoms with Crippen molar-refractivity contribution in [3.8, 4) is 11.1 Å². The number of benzene rings is 1. The SMILES string of the molecule is Cc1cc(-c2ccccc2)c2c(N)nc(NC3CCN(C)CC3)nc2n1. The van der Waals surface area contributed by atoms with Crippen LogP contribution in [0.15, 0.2) is 36.4 Å². The number of likely N-dealkylation sites (tertiary alicyclic amines) is 1. The molecule has 0 spiro atoms. The van der Waals surface area contributed by atoms with Crippen LogP contribution in [0.5, 0.6) is 0 Å². The number of nitrogens with one attached hydrogen (secondary N) is 1. The number of piperidine rings is 1. The first-order valence-corrected chi connectivity index (χ1v) is 9.05. The molecule has 0 saturated carbocycles. The molecule has 4 rings (SSSR count). The molecule has 0 radical (unpaired) electrons. The first-order chi connectivity index (χ1) is 12.6. The van der Waals surface area contributed by atoms with Gasteiger partial charge in [-0.2, -0.15) is 9.97 Å². The topological polar surface area (TPSA) is 80.0 Å². The predicted molar refractivity (Wildman–Crippen MR) is 106 cm³/mol. The number of rotatable bonds is 3. The molecule has 2 aromatic heterocycles. The van der Waals surface area contributed by atoms with E-state index in [-0.39, 0.29) is 0 Å². The van der Waals surface area contributed by atoms with E-state index in [9.17, 15) is 0 Å². The van der Waals surface area contributed by atoms with Gasteiger partial charge in [-0.05, 0) is 57.1 Å². The minimum Gasteiger partial charge on any atom is -0.383 e. The van der Waals surface area contributed by atoms with Crippen molar-refractivity contribution >= 4 is 22.8 Å². The van der Waals surface area contributed by atoms with Crippen LogP contribution >= 0.6 is 0 Å². The van der Waals surface area contributed by atoms with Gasteiger partial charge in [0.05, 0.1) is 5.39 Å². The zero-order valence-corrected chi connectivity index (χ0v) is 15.2. The van der Waals surface area contributed by atoms with E-state index in [4.69, 9.17) is 5.73 Å². The van der Waals surface area contributed by atoms with E-state index in [0.717, 1.165) is 48.1 Å². The van der Waals surface area contributed by atoms with E-state index in [0.29, 0.717) is 23.5 Å². The second-order valence-electron chi connectivity index (χ2n) is 7.03. The van der Waals surface area contributed by atoms with Crippen LogP contribution in [0.25, 0.3) is 22.2 Å². The molecular formula is C20H24N6. The molecule has 1 aliphatic rings. The molecule has 6 nitrogen and oxygen atoms in total. The van der Waals surface area contributed by atoms with Crippen molar-refractivity contribution < 1.29 is 0 Å². The summed E-state index contributed by atoms with van der Waals surface area (Å²) in [6.07, 6.45) is 2.16. The average Bonchev–Trinajstić information content (AvgIpc) is 2.63. The molecule has 0 bridgehead atoms. The Balaban J connectivity index is 1.73. The molecule has 26 heavy (non-hydrogen) atoms. The minimum absolute atomic E-state index is 0.376. The number of pyridine rings is 1. The maximum absolute atomic E-state index is 6.33. The fourth-order valence-corrected chi connectivity index (χ4v) is 3.53. The van der Waals surface area contributed by atoms with Gasteiger partial charge in [-0.3, -0.25) is 0 Å². The molecule has 3 N–H and O–H groups in total. The zero-order valence-electron chi connectivity index (χ0n) is 15.2. The standard InChI is InChI=1S/C20H24N6/c1-13-12-16(14-6-4-3-5-7-14)17-18(21)24-20(25-19(17)22-13)23-15-8-10-26(2)11-9-15/h3-7,12,15H,8-11H2,1-2H3,(H3,21,22,23,24,25). The molecule has 0 atom stereocenters. The number of aryl methyl sites for hydroxylation is 1. The van der Waals surface area contributed by atoms with Crippen LogP contribution in [-0.4, -0.2) is 46.0 Å². The molecule has 0 unspecified atom stereocenters. The Kier molecular flexibility index (Phi) is 4.42. The fourth-order valence-electron chi connectivity index (χ4n) is 3.53. The minimum atomic E-state index is 0.376. The van der Waals surface area contributed by atoms with Gasteiger partial charge in [0.2, 0.25) is 5.95 Å². The first-order valence-electron chi connectivity index (χ1n) is 9.05. The number of nitrogens with two attached hydrogens (primary N) is 1. The lowest BCUT2D eigenvalue weighted by Crippen LogP contribution is -2.37. The Morgan fingerprint density at radius 3 is 2.54 bits per heavy atom. The van der Waals surface area contributed by atoms with Crippen molar-refractivity contribution in [2.75, 3.05) is 31.2 Å². The summed E-state index contributed by atoms with van der Waals surface area (Å²) in [6, 6.07) is 12.6. The third kappa shape index (κ3) is 3.32. The summed E-state index contributed by atoms with van der Waals surface area (Å²) in [5.41, 5.74) is 10.0. The largest absolute Gasteiger partial charge is 0.383 e. The second kappa shape index (κ2) is 6.88. The number of aromatic nitrogens is 3. The lowest BCUT2D eigenvalue weighted by molar-refractivity contribution is 0.263. The molecule has 3 aromatic rings. The number of hydrogen-bond donors (Lipinski definition) is 2. The van der Waals surface area contributed by atoms with Crippen LogP contribution in [0.4, 0.5) is 11.8 Å². The quantitative estimate of drug-likeness (QED) is 0.757. The molecular weight excluding hydrogens is 324 g/mol. The number of nitrogens with zero attached hydrogens (tertiary/aromatic N) is 4. The van der Waals surface area contributed by atoms with Crippen molar-refractivity contribution in [2.45, 2.75) is 25.8 Å². The second-order valence-corrected chi connectivity index (χ2v) is 7.03. The summed E-state index contributed by atoms with van der Waals surface area (Å²) in [5, 5.41) is 4.26. The lowest BCUT2D eigenvalue weighted by Gasteiger charge is -2.29. The maximum Gasteiger partial charge on any atom is 0.226 e. The third-order valence-electron chi connectivity index (χ3n) is 4.96. The van der Waals surface area contributed by atoms with Crippen molar-refractivity contribution in [1.82, 2.24) is 19.9 Å². The van der Waals surface area contributed by atoms with Gasteiger partial charge in [0.1, 0.15) is 5.82 Å². The Morgan fingerprint density at radius 2 is 1.81 bits per heavy atom. The number of hydrogen-bond acceptors (Lipinski definition) is 6. The van der Waals surface area contributed by atoms with E-state index < -0.39 is 0 Å². The van der Waals surface area contributed by atoms with Gasteiger partial charge in [-0.25, -0.2) is 4.98 Å². The van der Waals surface area contributed by atoms with Crippen LogP contribution in [0.3, 0.4) is 0 Å². The van der Waals surface area contributed by atoms with E-state index in [1.54, 1.807) is 0 Å². The van der Waals surface area contributed by atoms with Crippen molar-refractivity contribution in [2.24, 2.45) is 0 Å². The Hall–Kier alpha value is -2.73. The summed E-state index contributed by atoms with van der Waals surface area (Å²) in [7, 11) is 2.15. The van der Waals surface area contributed by atoms with Crippen LogP contribution in [0.2, 0.25) is 0 Å². The van der Waals surface area contributed by atoms with Crippen LogP contribution < -0.4 is 11.1 Å². The van der Waals surface area contributed by atoms with Gasteiger partial charge >= 0.3 is 0 Å². The van der Waals surface area contributed by atoms with Gasteiger partial charge in [0, 0.05) is 11.7 Å². The number of nitrogen functional groups attached to an aromatic ring is 1. The summed E-state index contributed by atoms with van der Waals surface area (Å²) in [5.74, 6) is 1.04. The highest BCUT2D eigenvalue weighted by atomic mass is 15.2. The summed E-state index contributed by atoms with van der Waals surface area (Å²) in [4.78, 5) is 16.1. The highest BCUT2D eigenvalue weighted by molar-refractivity contribution is 6.00. The van der Waals surface area contributed by atoms with Crippen LogP contribution in [-0.2, 0) is 0 Å². The summed E-state index contributed by atoms with van der Waals surface area (Å²) >= 11 is 0. The monoisotopic (exact) mass is 348 g/mol. The summed E-state index contributed by atoms with van der Waals surface area (Å²) < 4.78 is 0. The van der Waals surface area contributed by atoms with Crippen molar-refractivity contribution in [3.63, 3.8) is 0 Å². The molecule has 6 heteroatoms. The molecule has 3 heterocycles. The number of anilines is 2. The average molecular weight is 348 g/mol. The molecule has 1 aromatic carbocycles. The molecule has 1 fully saturated rings. The van der Waals surface area contributed by atoms with E-state index in [1.165, 1.54) is 0 Å². The zero-order chi connectivity index (χ0) is 18.1. The Bertz CT molecular complexity index is 916. The number of fused-ring (bicyclic) bond motifs is 1. The Morgan fingerprint density at radius 1 is 1.08 bits per heavy atom. The lowest BCUT2D eigenvalue weighted by atomic mass is 10.0.